The molecule has 0 saturated heterocycles. The van der Waals surface area contributed by atoms with Crippen LogP contribution < -0.4 is 16.0 Å². The maximum atomic E-state index is 12.0. The van der Waals surface area contributed by atoms with Crippen LogP contribution in [-0.4, -0.2) is 50.1 Å². The molecule has 0 aromatic carbocycles. The van der Waals surface area contributed by atoms with Crippen molar-refractivity contribution in [1.29, 1.82) is 0 Å². The summed E-state index contributed by atoms with van der Waals surface area (Å²) in [5.74, 6) is -0.909. The Morgan fingerprint density at radius 1 is 0.818 bits per heavy atom. The zero-order chi connectivity index (χ0) is 16.8. The molecule has 128 valence electrons. The summed E-state index contributed by atoms with van der Waals surface area (Å²) in [5, 5.41) is 8.04. The van der Waals surface area contributed by atoms with E-state index in [9.17, 15) is 14.4 Å². The number of hydrogen-bond acceptors (Lipinski definition) is 4. The lowest BCUT2D eigenvalue weighted by atomic mass is 10.2. The van der Waals surface area contributed by atoms with E-state index in [1.165, 1.54) is 0 Å². The molecule has 0 bridgehead atoms. The van der Waals surface area contributed by atoms with Crippen LogP contribution >= 0.6 is 0 Å². The van der Waals surface area contributed by atoms with Crippen LogP contribution in [0.3, 0.4) is 0 Å². The first-order valence-electron chi connectivity index (χ1n) is 7.97. The first kappa shape index (κ1) is 20.4. The van der Waals surface area contributed by atoms with Gasteiger partial charge in [-0.25, -0.2) is 0 Å². The number of nitrogens with one attached hydrogen (secondary N) is 3. The van der Waals surface area contributed by atoms with E-state index in [4.69, 9.17) is 4.74 Å². The standard InChI is InChI=1S/C15H29N3O4/c1-4-7-16-13(19)10-12(15(21)18-9-6-3)22-11-14(20)17-8-5-2/h12H,4-11H2,1-3H3,(H,16,19)(H,17,20)(H,18,21). The molecule has 0 saturated carbocycles. The Hall–Kier alpha value is -1.63. The second-order valence-electron chi connectivity index (χ2n) is 4.99. The first-order valence-corrected chi connectivity index (χ1v) is 7.97. The van der Waals surface area contributed by atoms with Gasteiger partial charge in [-0.1, -0.05) is 20.8 Å². The van der Waals surface area contributed by atoms with Crippen LogP contribution in [0.5, 0.6) is 0 Å². The van der Waals surface area contributed by atoms with E-state index in [-0.39, 0.29) is 30.7 Å². The number of carbonyl (C=O) groups excluding carboxylic acids is 3. The van der Waals surface area contributed by atoms with Crippen molar-refractivity contribution in [1.82, 2.24) is 16.0 Å². The minimum absolute atomic E-state index is 0.0867. The molecule has 1 atom stereocenters. The molecule has 7 heteroatoms. The van der Waals surface area contributed by atoms with Crippen molar-refractivity contribution in [3.05, 3.63) is 0 Å². The summed E-state index contributed by atoms with van der Waals surface area (Å²) >= 11 is 0. The van der Waals surface area contributed by atoms with Crippen molar-refractivity contribution in [3.8, 4) is 0 Å². The van der Waals surface area contributed by atoms with Crippen LogP contribution in [0.25, 0.3) is 0 Å². The molecule has 0 rings (SSSR count). The molecule has 0 fully saturated rings. The van der Waals surface area contributed by atoms with E-state index >= 15 is 0 Å². The van der Waals surface area contributed by atoms with Gasteiger partial charge in [0.25, 0.3) is 0 Å². The zero-order valence-corrected chi connectivity index (χ0v) is 13.9. The molecule has 3 N–H and O–H groups in total. The minimum Gasteiger partial charge on any atom is -0.358 e. The van der Waals surface area contributed by atoms with Gasteiger partial charge in [-0.2, -0.15) is 0 Å². The lowest BCUT2D eigenvalue weighted by molar-refractivity contribution is -0.142. The molecule has 7 nitrogen and oxygen atoms in total. The van der Waals surface area contributed by atoms with Crippen molar-refractivity contribution in [2.24, 2.45) is 0 Å². The number of carbonyl (C=O) groups is 3. The van der Waals surface area contributed by atoms with E-state index in [0.29, 0.717) is 19.6 Å². The summed E-state index contributed by atoms with van der Waals surface area (Å²) in [4.78, 5) is 35.3. The summed E-state index contributed by atoms with van der Waals surface area (Å²) in [5.41, 5.74) is 0. The van der Waals surface area contributed by atoms with Gasteiger partial charge in [-0.15, -0.1) is 0 Å². The second-order valence-corrected chi connectivity index (χ2v) is 4.99. The van der Waals surface area contributed by atoms with Gasteiger partial charge in [-0.05, 0) is 19.3 Å². The molecule has 0 heterocycles. The lowest BCUT2D eigenvalue weighted by Crippen LogP contribution is -2.42. The van der Waals surface area contributed by atoms with Gasteiger partial charge < -0.3 is 20.7 Å². The molecular formula is C15H29N3O4. The van der Waals surface area contributed by atoms with Gasteiger partial charge in [0.15, 0.2) is 0 Å². The quantitative estimate of drug-likeness (QED) is 0.484. The minimum atomic E-state index is -0.948. The number of amides is 3. The number of rotatable bonds is 12. The maximum absolute atomic E-state index is 12.0. The van der Waals surface area contributed by atoms with E-state index < -0.39 is 6.10 Å². The van der Waals surface area contributed by atoms with Crippen LogP contribution in [-0.2, 0) is 19.1 Å². The first-order chi connectivity index (χ1) is 10.5. The third-order valence-corrected chi connectivity index (χ3v) is 2.77. The Morgan fingerprint density at radius 3 is 1.86 bits per heavy atom. The van der Waals surface area contributed by atoms with E-state index in [1.54, 1.807) is 0 Å². The molecule has 22 heavy (non-hydrogen) atoms. The maximum Gasteiger partial charge on any atom is 0.249 e. The smallest absolute Gasteiger partial charge is 0.249 e. The van der Waals surface area contributed by atoms with Crippen molar-refractivity contribution >= 4 is 17.7 Å². The fourth-order valence-electron chi connectivity index (χ4n) is 1.59. The summed E-state index contributed by atoms with van der Waals surface area (Å²) < 4.78 is 5.33. The van der Waals surface area contributed by atoms with Crippen molar-refractivity contribution < 1.29 is 19.1 Å². The predicted molar refractivity (Wildman–Crippen MR) is 84.3 cm³/mol. The lowest BCUT2D eigenvalue weighted by Gasteiger charge is -2.17. The summed E-state index contributed by atoms with van der Waals surface area (Å²) in [6.07, 6.45) is 1.40. The normalized spacial score (nSPS) is 11.6. The van der Waals surface area contributed by atoms with Gasteiger partial charge in [0, 0.05) is 19.6 Å². The van der Waals surface area contributed by atoms with Gasteiger partial charge in [0.2, 0.25) is 17.7 Å². The molecule has 0 aromatic rings. The SMILES string of the molecule is CCCNC(=O)COC(CC(=O)NCCC)C(=O)NCCC. The molecule has 0 aliphatic rings. The highest BCUT2D eigenvalue weighted by Gasteiger charge is 2.23. The third-order valence-electron chi connectivity index (χ3n) is 2.77. The average molecular weight is 315 g/mol. The fourth-order valence-corrected chi connectivity index (χ4v) is 1.59. The van der Waals surface area contributed by atoms with Crippen LogP contribution in [0.1, 0.15) is 46.5 Å². The third kappa shape index (κ3) is 10.1. The average Bonchev–Trinajstić information content (AvgIpc) is 2.52. The van der Waals surface area contributed by atoms with Crippen LogP contribution in [0, 0.1) is 0 Å². The Morgan fingerprint density at radius 2 is 1.32 bits per heavy atom. The van der Waals surface area contributed by atoms with Gasteiger partial charge in [-0.3, -0.25) is 14.4 Å². The molecule has 0 radical (unpaired) electrons. The van der Waals surface area contributed by atoms with Gasteiger partial charge in [0.1, 0.15) is 12.7 Å². The summed E-state index contributed by atoms with van der Waals surface area (Å²) in [7, 11) is 0. The molecule has 0 aromatic heterocycles. The van der Waals surface area contributed by atoms with E-state index in [1.807, 2.05) is 20.8 Å². The topological polar surface area (TPSA) is 96.5 Å². The Labute approximate surface area is 132 Å². The molecule has 0 aliphatic carbocycles. The molecular weight excluding hydrogens is 286 g/mol. The molecule has 3 amide bonds. The van der Waals surface area contributed by atoms with E-state index in [0.717, 1.165) is 19.3 Å². The summed E-state index contributed by atoms with van der Waals surface area (Å²) in [6.45, 7) is 7.22. The number of ether oxygens (including phenoxy) is 1. The van der Waals surface area contributed by atoms with Gasteiger partial charge in [0.05, 0.1) is 6.42 Å². The molecule has 0 aliphatic heterocycles. The predicted octanol–water partition coefficient (Wildman–Crippen LogP) is 0.340. The Bertz CT molecular complexity index is 348. The Kier molecular flexibility index (Phi) is 12.1. The van der Waals surface area contributed by atoms with Gasteiger partial charge >= 0.3 is 0 Å². The highest BCUT2D eigenvalue weighted by Crippen LogP contribution is 2.00. The second kappa shape index (κ2) is 13.1. The van der Waals surface area contributed by atoms with Crippen LogP contribution in [0.2, 0.25) is 0 Å². The van der Waals surface area contributed by atoms with Crippen molar-refractivity contribution in [2.75, 3.05) is 26.2 Å². The molecule has 1 unspecified atom stereocenters. The highest BCUT2D eigenvalue weighted by molar-refractivity contribution is 5.88. The van der Waals surface area contributed by atoms with Crippen LogP contribution in [0.15, 0.2) is 0 Å². The van der Waals surface area contributed by atoms with Crippen molar-refractivity contribution in [2.45, 2.75) is 52.6 Å². The zero-order valence-electron chi connectivity index (χ0n) is 13.9. The fraction of sp³-hybridized carbons (Fsp3) is 0.800. The summed E-state index contributed by atoms with van der Waals surface area (Å²) in [6, 6.07) is 0. The van der Waals surface area contributed by atoms with Crippen LogP contribution in [0.4, 0.5) is 0 Å². The van der Waals surface area contributed by atoms with E-state index in [2.05, 4.69) is 16.0 Å². The number of hydrogen-bond donors (Lipinski definition) is 3. The monoisotopic (exact) mass is 315 g/mol. The highest BCUT2D eigenvalue weighted by atomic mass is 16.5. The van der Waals surface area contributed by atoms with Crippen molar-refractivity contribution in [3.63, 3.8) is 0 Å². The molecule has 0 spiro atoms. The largest absolute Gasteiger partial charge is 0.358 e. The Balaban J connectivity index is 4.41.